The lowest BCUT2D eigenvalue weighted by atomic mass is 9.76. The van der Waals surface area contributed by atoms with Crippen molar-refractivity contribution in [3.63, 3.8) is 0 Å². The molecule has 1 spiro atoms. The predicted molar refractivity (Wildman–Crippen MR) is 93.0 cm³/mol. The van der Waals surface area contributed by atoms with Gasteiger partial charge in [-0.2, -0.15) is 0 Å². The maximum atomic E-state index is 13.0. The first-order valence-corrected chi connectivity index (χ1v) is 8.65. The molecule has 2 atom stereocenters. The standard InChI is InChI=1S/C19H28N2O2/c1-20(2)16-8-4-7-15(13-16)18(22)21-12-6-11-19(14-21)10-5-9-17(19)23-3/h4,7-8,13,17H,5-6,9-12,14H2,1-3H3/t17-,19+/m1/s1. The summed E-state index contributed by atoms with van der Waals surface area (Å²) >= 11 is 0. The van der Waals surface area contributed by atoms with Crippen molar-refractivity contribution >= 4 is 11.6 Å². The lowest BCUT2D eigenvalue weighted by Crippen LogP contribution is -2.49. The molecule has 0 N–H and O–H groups in total. The van der Waals surface area contributed by atoms with E-state index in [-0.39, 0.29) is 11.3 Å². The summed E-state index contributed by atoms with van der Waals surface area (Å²) in [7, 11) is 5.82. The van der Waals surface area contributed by atoms with E-state index in [4.69, 9.17) is 4.74 Å². The zero-order chi connectivity index (χ0) is 16.4. The number of ether oxygens (including phenoxy) is 1. The molecule has 0 aromatic heterocycles. The van der Waals surface area contributed by atoms with Gasteiger partial charge in [-0.1, -0.05) is 12.5 Å². The molecule has 0 bridgehead atoms. The number of likely N-dealkylation sites (tertiary alicyclic amines) is 1. The molecule has 2 fully saturated rings. The van der Waals surface area contributed by atoms with E-state index in [1.165, 1.54) is 19.3 Å². The molecule has 1 aliphatic carbocycles. The number of methoxy groups -OCH3 is 1. The van der Waals surface area contributed by atoms with Gasteiger partial charge in [0.2, 0.25) is 0 Å². The van der Waals surface area contributed by atoms with Gasteiger partial charge in [0.05, 0.1) is 6.10 Å². The monoisotopic (exact) mass is 316 g/mol. The number of hydrogen-bond donors (Lipinski definition) is 0. The largest absolute Gasteiger partial charge is 0.381 e. The van der Waals surface area contributed by atoms with Crippen molar-refractivity contribution in [1.29, 1.82) is 0 Å². The summed E-state index contributed by atoms with van der Waals surface area (Å²) in [6.45, 7) is 1.71. The highest BCUT2D eigenvalue weighted by atomic mass is 16.5. The Kier molecular flexibility index (Phi) is 4.62. The summed E-state index contributed by atoms with van der Waals surface area (Å²) in [4.78, 5) is 17.1. The van der Waals surface area contributed by atoms with E-state index >= 15 is 0 Å². The van der Waals surface area contributed by atoms with Gasteiger partial charge in [-0.3, -0.25) is 4.79 Å². The number of nitrogens with zero attached hydrogens (tertiary/aromatic N) is 2. The summed E-state index contributed by atoms with van der Waals surface area (Å²) in [5.41, 5.74) is 2.04. The maximum absolute atomic E-state index is 13.0. The Morgan fingerprint density at radius 1 is 1.30 bits per heavy atom. The Labute approximate surface area is 139 Å². The number of amides is 1. The molecule has 3 rings (SSSR count). The van der Waals surface area contributed by atoms with Crippen LogP contribution in [0, 0.1) is 5.41 Å². The molecule has 0 unspecified atom stereocenters. The summed E-state index contributed by atoms with van der Waals surface area (Å²) in [6.07, 6.45) is 6.12. The first-order chi connectivity index (χ1) is 11.1. The fourth-order valence-electron chi connectivity index (χ4n) is 4.37. The molecule has 1 saturated heterocycles. The smallest absolute Gasteiger partial charge is 0.253 e. The molecule has 1 aromatic rings. The summed E-state index contributed by atoms with van der Waals surface area (Å²) < 4.78 is 5.74. The van der Waals surface area contributed by atoms with Crippen LogP contribution in [0.1, 0.15) is 42.5 Å². The van der Waals surface area contributed by atoms with Gasteiger partial charge in [-0.25, -0.2) is 0 Å². The van der Waals surface area contributed by atoms with Gasteiger partial charge >= 0.3 is 0 Å². The third kappa shape index (κ3) is 3.09. The molecular formula is C19H28N2O2. The highest BCUT2D eigenvalue weighted by Gasteiger charge is 2.46. The Morgan fingerprint density at radius 3 is 2.83 bits per heavy atom. The van der Waals surface area contributed by atoms with Crippen LogP contribution in [0.15, 0.2) is 24.3 Å². The molecule has 1 heterocycles. The van der Waals surface area contributed by atoms with E-state index in [2.05, 4.69) is 4.90 Å². The second-order valence-corrected chi connectivity index (χ2v) is 7.25. The Morgan fingerprint density at radius 2 is 2.09 bits per heavy atom. The van der Waals surface area contributed by atoms with Crippen molar-refractivity contribution in [2.45, 2.75) is 38.2 Å². The molecule has 1 amide bonds. The van der Waals surface area contributed by atoms with Gasteiger partial charge in [0.25, 0.3) is 5.91 Å². The minimum Gasteiger partial charge on any atom is -0.381 e. The summed E-state index contributed by atoms with van der Waals surface area (Å²) in [5, 5.41) is 0. The van der Waals surface area contributed by atoms with Crippen molar-refractivity contribution in [2.24, 2.45) is 5.41 Å². The molecule has 126 valence electrons. The van der Waals surface area contributed by atoms with Crippen LogP contribution < -0.4 is 4.90 Å². The van der Waals surface area contributed by atoms with Gasteiger partial charge in [0, 0.05) is 51.0 Å². The van der Waals surface area contributed by atoms with Crippen molar-refractivity contribution in [2.75, 3.05) is 39.2 Å². The molecule has 0 radical (unpaired) electrons. The third-order valence-electron chi connectivity index (χ3n) is 5.61. The first-order valence-electron chi connectivity index (χ1n) is 8.65. The van der Waals surface area contributed by atoms with Crippen molar-refractivity contribution in [3.8, 4) is 0 Å². The zero-order valence-electron chi connectivity index (χ0n) is 14.5. The van der Waals surface area contributed by atoms with Crippen molar-refractivity contribution in [3.05, 3.63) is 29.8 Å². The minimum absolute atomic E-state index is 0.162. The topological polar surface area (TPSA) is 32.8 Å². The van der Waals surface area contributed by atoms with Crippen LogP contribution in [-0.4, -0.2) is 51.2 Å². The molecule has 4 heteroatoms. The number of rotatable bonds is 3. The number of piperidine rings is 1. The lowest BCUT2D eigenvalue weighted by molar-refractivity contribution is -0.0295. The highest BCUT2D eigenvalue weighted by Crippen LogP contribution is 2.46. The average Bonchev–Trinajstić information content (AvgIpc) is 2.96. The normalized spacial score (nSPS) is 27.4. The predicted octanol–water partition coefficient (Wildman–Crippen LogP) is 3.17. The number of carbonyl (C=O) groups is 1. The number of hydrogen-bond acceptors (Lipinski definition) is 3. The van der Waals surface area contributed by atoms with Gasteiger partial charge in [-0.15, -0.1) is 0 Å². The van der Waals surface area contributed by atoms with E-state index in [0.717, 1.165) is 37.2 Å². The van der Waals surface area contributed by atoms with E-state index in [1.54, 1.807) is 0 Å². The quantitative estimate of drug-likeness (QED) is 0.858. The van der Waals surface area contributed by atoms with Crippen LogP contribution in [-0.2, 0) is 4.74 Å². The molecule has 1 aromatic carbocycles. The summed E-state index contributed by atoms with van der Waals surface area (Å²) in [5.74, 6) is 0.162. The van der Waals surface area contributed by atoms with E-state index in [9.17, 15) is 4.79 Å². The Balaban J connectivity index is 1.78. The molecule has 1 aliphatic heterocycles. The average molecular weight is 316 g/mol. The Hall–Kier alpha value is -1.55. The maximum Gasteiger partial charge on any atom is 0.253 e. The van der Waals surface area contributed by atoms with Crippen molar-refractivity contribution in [1.82, 2.24) is 4.90 Å². The second-order valence-electron chi connectivity index (χ2n) is 7.25. The van der Waals surface area contributed by atoms with Crippen LogP contribution in [0.2, 0.25) is 0 Å². The fraction of sp³-hybridized carbons (Fsp3) is 0.632. The first kappa shape index (κ1) is 16.3. The number of benzene rings is 1. The van der Waals surface area contributed by atoms with Crippen LogP contribution in [0.25, 0.3) is 0 Å². The van der Waals surface area contributed by atoms with Crippen molar-refractivity contribution < 1.29 is 9.53 Å². The van der Waals surface area contributed by atoms with Crippen LogP contribution in [0.4, 0.5) is 5.69 Å². The lowest BCUT2D eigenvalue weighted by Gasteiger charge is -2.43. The van der Waals surface area contributed by atoms with Crippen LogP contribution in [0.5, 0.6) is 0 Å². The highest BCUT2D eigenvalue weighted by molar-refractivity contribution is 5.95. The van der Waals surface area contributed by atoms with Gasteiger partial charge in [0.1, 0.15) is 0 Å². The third-order valence-corrected chi connectivity index (χ3v) is 5.61. The molecule has 1 saturated carbocycles. The van der Waals surface area contributed by atoms with E-state index < -0.39 is 0 Å². The number of carbonyl (C=O) groups excluding carboxylic acids is 1. The second kappa shape index (κ2) is 6.52. The van der Waals surface area contributed by atoms with Gasteiger partial charge in [-0.05, 0) is 43.9 Å². The Bertz CT molecular complexity index is 572. The minimum atomic E-state index is 0.162. The SMILES string of the molecule is CO[C@@H]1CCC[C@@]12CCCN(C(=O)c1cccc(N(C)C)c1)C2. The van der Waals surface area contributed by atoms with E-state index in [1.807, 2.05) is 50.4 Å². The van der Waals surface area contributed by atoms with Crippen LogP contribution in [0.3, 0.4) is 0 Å². The molecular weight excluding hydrogens is 288 g/mol. The molecule has 2 aliphatic rings. The number of anilines is 1. The fourth-order valence-corrected chi connectivity index (χ4v) is 4.37. The van der Waals surface area contributed by atoms with Gasteiger partial charge in [0.15, 0.2) is 0 Å². The summed E-state index contributed by atoms with van der Waals surface area (Å²) in [6, 6.07) is 7.92. The molecule has 23 heavy (non-hydrogen) atoms. The van der Waals surface area contributed by atoms with Crippen LogP contribution >= 0.6 is 0 Å². The molecule has 4 nitrogen and oxygen atoms in total. The zero-order valence-corrected chi connectivity index (χ0v) is 14.5. The van der Waals surface area contributed by atoms with Gasteiger partial charge < -0.3 is 14.5 Å². The van der Waals surface area contributed by atoms with E-state index in [0.29, 0.717) is 6.10 Å².